The summed E-state index contributed by atoms with van der Waals surface area (Å²) in [6.07, 6.45) is 0. The molecule has 30 heavy (non-hydrogen) atoms. The number of benzene rings is 2. The number of carbonyl (C=O) groups is 2. The second-order valence-electron chi connectivity index (χ2n) is 5.69. The SMILES string of the molecule is O=C(COC(=O)CSc1ccc(Cl)c(Cl)c1Cl)Nc1nc(-c2ccccc2Cl)cs1. The van der Waals surface area contributed by atoms with Crippen molar-refractivity contribution in [3.8, 4) is 11.3 Å². The molecule has 156 valence electrons. The minimum absolute atomic E-state index is 0.0428. The van der Waals surface area contributed by atoms with E-state index in [0.29, 0.717) is 25.8 Å². The van der Waals surface area contributed by atoms with Crippen LogP contribution in [-0.4, -0.2) is 29.2 Å². The molecule has 0 aliphatic carbocycles. The van der Waals surface area contributed by atoms with Gasteiger partial charge < -0.3 is 4.74 Å². The van der Waals surface area contributed by atoms with Crippen molar-refractivity contribution in [2.45, 2.75) is 4.90 Å². The second kappa shape index (κ2) is 10.7. The Balaban J connectivity index is 1.47. The van der Waals surface area contributed by atoms with E-state index in [2.05, 4.69) is 10.3 Å². The van der Waals surface area contributed by atoms with Crippen molar-refractivity contribution in [1.29, 1.82) is 0 Å². The van der Waals surface area contributed by atoms with Crippen molar-refractivity contribution in [3.05, 3.63) is 61.9 Å². The molecule has 1 amide bonds. The number of thioether (sulfide) groups is 1. The summed E-state index contributed by atoms with van der Waals surface area (Å²) in [5.74, 6) is -1.12. The van der Waals surface area contributed by atoms with Gasteiger partial charge >= 0.3 is 5.97 Å². The molecule has 0 aliphatic heterocycles. The molecule has 0 fully saturated rings. The molecular formula is C19H12Cl4N2O3S2. The zero-order valence-corrected chi connectivity index (χ0v) is 19.6. The van der Waals surface area contributed by atoms with Gasteiger partial charge in [0.05, 0.1) is 26.5 Å². The number of ether oxygens (including phenoxy) is 1. The smallest absolute Gasteiger partial charge is 0.316 e. The topological polar surface area (TPSA) is 68.3 Å². The molecule has 0 atom stereocenters. The highest BCUT2D eigenvalue weighted by atomic mass is 35.5. The van der Waals surface area contributed by atoms with Gasteiger partial charge in [0.2, 0.25) is 0 Å². The molecule has 2 aromatic carbocycles. The van der Waals surface area contributed by atoms with E-state index in [-0.39, 0.29) is 15.8 Å². The molecular weight excluding hydrogens is 510 g/mol. The summed E-state index contributed by atoms with van der Waals surface area (Å²) in [7, 11) is 0. The fourth-order valence-corrected chi connectivity index (χ4v) is 4.69. The summed E-state index contributed by atoms with van der Waals surface area (Å²) >= 11 is 26.5. The third-order valence-electron chi connectivity index (χ3n) is 3.61. The first kappa shape index (κ1) is 23.2. The maximum atomic E-state index is 12.0. The number of aromatic nitrogens is 1. The highest BCUT2D eigenvalue weighted by Crippen LogP contribution is 2.37. The zero-order chi connectivity index (χ0) is 21.7. The number of nitrogens with zero attached hydrogens (tertiary/aromatic N) is 1. The Kier molecular flexibility index (Phi) is 8.27. The molecule has 0 saturated carbocycles. The molecule has 5 nitrogen and oxygen atoms in total. The molecule has 1 aromatic heterocycles. The lowest BCUT2D eigenvalue weighted by Gasteiger charge is -2.07. The van der Waals surface area contributed by atoms with E-state index in [1.54, 1.807) is 23.6 Å². The van der Waals surface area contributed by atoms with Gasteiger partial charge in [0.25, 0.3) is 5.91 Å². The van der Waals surface area contributed by atoms with E-state index < -0.39 is 18.5 Å². The maximum absolute atomic E-state index is 12.0. The largest absolute Gasteiger partial charge is 0.455 e. The average molecular weight is 522 g/mol. The number of rotatable bonds is 7. The molecule has 0 aliphatic rings. The first-order valence-corrected chi connectivity index (χ1v) is 11.6. The van der Waals surface area contributed by atoms with Gasteiger partial charge in [0.1, 0.15) is 0 Å². The highest BCUT2D eigenvalue weighted by Gasteiger charge is 2.14. The number of carbonyl (C=O) groups excluding carboxylic acids is 2. The minimum atomic E-state index is -0.576. The van der Waals surface area contributed by atoms with Gasteiger partial charge in [0.15, 0.2) is 11.7 Å². The maximum Gasteiger partial charge on any atom is 0.316 e. The Morgan fingerprint density at radius 1 is 1.03 bits per heavy atom. The van der Waals surface area contributed by atoms with E-state index in [4.69, 9.17) is 51.1 Å². The molecule has 11 heteroatoms. The van der Waals surface area contributed by atoms with E-state index in [1.807, 2.05) is 18.2 Å². The molecule has 0 bridgehead atoms. The molecule has 0 radical (unpaired) electrons. The molecule has 0 unspecified atom stereocenters. The first-order chi connectivity index (χ1) is 14.3. The number of hydrogen-bond donors (Lipinski definition) is 1. The lowest BCUT2D eigenvalue weighted by molar-refractivity contribution is -0.144. The Hall–Kier alpha value is -1.48. The number of thiazole rings is 1. The van der Waals surface area contributed by atoms with E-state index in [0.717, 1.165) is 17.3 Å². The Bertz CT molecular complexity index is 1090. The predicted molar refractivity (Wildman–Crippen MR) is 124 cm³/mol. The van der Waals surface area contributed by atoms with Crippen LogP contribution in [0.1, 0.15) is 0 Å². The average Bonchev–Trinajstić information content (AvgIpc) is 3.18. The molecule has 0 saturated heterocycles. The van der Waals surface area contributed by atoms with Gasteiger partial charge in [-0.3, -0.25) is 14.9 Å². The van der Waals surface area contributed by atoms with Crippen LogP contribution in [0.15, 0.2) is 46.7 Å². The van der Waals surface area contributed by atoms with Crippen LogP contribution in [0.4, 0.5) is 5.13 Å². The Labute approximate surface area is 200 Å². The number of halogens is 4. The summed E-state index contributed by atoms with van der Waals surface area (Å²) in [5.41, 5.74) is 1.41. The number of esters is 1. The summed E-state index contributed by atoms with van der Waals surface area (Å²) in [4.78, 5) is 28.9. The third kappa shape index (κ3) is 6.03. The molecule has 1 heterocycles. The molecule has 3 rings (SSSR count). The normalized spacial score (nSPS) is 10.7. The van der Waals surface area contributed by atoms with Crippen LogP contribution >= 0.6 is 69.5 Å². The van der Waals surface area contributed by atoms with E-state index in [1.165, 1.54) is 11.3 Å². The van der Waals surface area contributed by atoms with Crippen molar-refractivity contribution >= 4 is 86.5 Å². The number of amides is 1. The first-order valence-electron chi connectivity index (χ1n) is 8.27. The lowest BCUT2D eigenvalue weighted by Crippen LogP contribution is -2.21. The van der Waals surface area contributed by atoms with Crippen molar-refractivity contribution in [3.63, 3.8) is 0 Å². The van der Waals surface area contributed by atoms with Crippen LogP contribution < -0.4 is 5.32 Å². The van der Waals surface area contributed by atoms with Crippen LogP contribution in [0.2, 0.25) is 20.1 Å². The van der Waals surface area contributed by atoms with Gasteiger partial charge in [-0.15, -0.1) is 23.1 Å². The number of hydrogen-bond acceptors (Lipinski definition) is 6. The van der Waals surface area contributed by atoms with Crippen LogP contribution in [0.5, 0.6) is 0 Å². The van der Waals surface area contributed by atoms with Crippen molar-refractivity contribution in [1.82, 2.24) is 4.98 Å². The Morgan fingerprint density at radius 3 is 2.57 bits per heavy atom. The monoisotopic (exact) mass is 520 g/mol. The second-order valence-corrected chi connectivity index (χ2v) is 9.13. The van der Waals surface area contributed by atoms with Crippen LogP contribution in [0.3, 0.4) is 0 Å². The minimum Gasteiger partial charge on any atom is -0.455 e. The number of anilines is 1. The van der Waals surface area contributed by atoms with E-state index in [9.17, 15) is 9.59 Å². The number of nitrogens with one attached hydrogen (secondary N) is 1. The molecule has 1 N–H and O–H groups in total. The van der Waals surface area contributed by atoms with Gasteiger partial charge in [-0.25, -0.2) is 4.98 Å². The fraction of sp³-hybridized carbons (Fsp3) is 0.105. The molecule has 3 aromatic rings. The van der Waals surface area contributed by atoms with Crippen molar-refractivity contribution in [2.75, 3.05) is 17.7 Å². The van der Waals surface area contributed by atoms with Crippen molar-refractivity contribution in [2.24, 2.45) is 0 Å². The van der Waals surface area contributed by atoms with Crippen LogP contribution in [0, 0.1) is 0 Å². The zero-order valence-electron chi connectivity index (χ0n) is 15.0. The molecule has 0 spiro atoms. The van der Waals surface area contributed by atoms with E-state index >= 15 is 0 Å². The van der Waals surface area contributed by atoms with Crippen molar-refractivity contribution < 1.29 is 14.3 Å². The highest BCUT2D eigenvalue weighted by molar-refractivity contribution is 8.00. The Morgan fingerprint density at radius 2 is 1.80 bits per heavy atom. The fourth-order valence-electron chi connectivity index (χ4n) is 2.22. The summed E-state index contributed by atoms with van der Waals surface area (Å²) in [5, 5.41) is 6.12. The van der Waals surface area contributed by atoms with Crippen LogP contribution in [0.25, 0.3) is 11.3 Å². The van der Waals surface area contributed by atoms with Gasteiger partial charge in [-0.2, -0.15) is 0 Å². The van der Waals surface area contributed by atoms with Gasteiger partial charge in [-0.05, 0) is 18.2 Å². The third-order valence-corrected chi connectivity index (χ3v) is 7.13. The van der Waals surface area contributed by atoms with Crippen LogP contribution in [-0.2, 0) is 14.3 Å². The quantitative estimate of drug-likeness (QED) is 0.213. The lowest BCUT2D eigenvalue weighted by atomic mass is 10.2. The standard InChI is InChI=1S/C19H12Cl4N2O3S2/c20-11-4-2-1-3-10(11)13-8-30-19(24-13)25-15(26)7-28-16(27)9-29-14-6-5-12(21)17(22)18(14)23/h1-6,8H,7,9H2,(H,24,25,26). The summed E-state index contributed by atoms with van der Waals surface area (Å²) in [6.45, 7) is -0.435. The summed E-state index contributed by atoms with van der Waals surface area (Å²) < 4.78 is 4.98. The summed E-state index contributed by atoms with van der Waals surface area (Å²) in [6, 6.07) is 10.5. The van der Waals surface area contributed by atoms with Gasteiger partial charge in [-0.1, -0.05) is 64.6 Å². The predicted octanol–water partition coefficient (Wildman–Crippen LogP) is 6.70. The van der Waals surface area contributed by atoms with Gasteiger partial charge in [0, 0.05) is 20.9 Å².